The zero-order chi connectivity index (χ0) is 18.2. The first-order valence-corrected chi connectivity index (χ1v) is 10.0. The van der Waals surface area contributed by atoms with Gasteiger partial charge in [0.2, 0.25) is 10.0 Å². The van der Waals surface area contributed by atoms with Gasteiger partial charge in [-0.2, -0.15) is 0 Å². The number of nitrogens with one attached hydrogen (secondary N) is 2. The van der Waals surface area contributed by atoms with Crippen LogP contribution in [0.1, 0.15) is 37.6 Å². The molecule has 0 amide bonds. The molecule has 1 aliphatic carbocycles. The van der Waals surface area contributed by atoms with Crippen LogP contribution in [-0.4, -0.2) is 40.8 Å². The van der Waals surface area contributed by atoms with Crippen molar-refractivity contribution < 1.29 is 23.4 Å². The van der Waals surface area contributed by atoms with Crippen molar-refractivity contribution in [2.75, 3.05) is 11.0 Å². The van der Waals surface area contributed by atoms with Gasteiger partial charge in [0, 0.05) is 0 Å². The number of carbonyl (C=O) groups is 1. The normalized spacial score (nSPS) is 22.6. The maximum atomic E-state index is 11.3. The molecule has 0 saturated heterocycles. The van der Waals surface area contributed by atoms with Crippen LogP contribution in [-0.2, 0) is 14.8 Å². The molecule has 1 fully saturated rings. The zero-order valence-corrected chi connectivity index (χ0v) is 14.6. The second-order valence-electron chi connectivity index (χ2n) is 6.62. The van der Waals surface area contributed by atoms with Crippen LogP contribution in [0.25, 0.3) is 11.0 Å². The van der Waals surface area contributed by atoms with Gasteiger partial charge in [-0.25, -0.2) is 13.4 Å². The van der Waals surface area contributed by atoms with E-state index >= 15 is 0 Å². The summed E-state index contributed by atoms with van der Waals surface area (Å²) in [5, 5.41) is 19.6. The summed E-state index contributed by atoms with van der Waals surface area (Å²) in [5.41, 5.74) is 1.68. The van der Waals surface area contributed by atoms with Crippen LogP contribution in [0.2, 0.25) is 0 Å². The van der Waals surface area contributed by atoms with Crippen LogP contribution in [0.5, 0.6) is 0 Å². The summed E-state index contributed by atoms with van der Waals surface area (Å²) < 4.78 is 25.0. The number of aliphatic hydroxyl groups is 1. The second kappa shape index (κ2) is 6.64. The standard InChI is InChI=1S/C16H21N3O5S/c1-25(23,24)19-11-6-7-12-13(8-11)18-15(17-12)14(20)9-2-4-10(5-3-9)16(21)22/h6-10,14,19-20H,2-5H2,1H3,(H,17,18)(H,21,22). The molecule has 1 heterocycles. The summed E-state index contributed by atoms with van der Waals surface area (Å²) in [6.45, 7) is 0. The van der Waals surface area contributed by atoms with Crippen LogP contribution in [0.4, 0.5) is 5.69 Å². The Morgan fingerprint density at radius 3 is 2.60 bits per heavy atom. The van der Waals surface area contributed by atoms with E-state index in [4.69, 9.17) is 5.11 Å². The molecule has 3 rings (SSSR count). The highest BCUT2D eigenvalue weighted by molar-refractivity contribution is 7.92. The molecule has 4 N–H and O–H groups in total. The number of aliphatic carboxylic acids is 1. The van der Waals surface area contributed by atoms with E-state index in [1.165, 1.54) is 0 Å². The SMILES string of the molecule is CS(=O)(=O)Nc1ccc2nc(C(O)C3CCC(C(=O)O)CC3)[nH]c2c1. The third-order valence-electron chi connectivity index (χ3n) is 4.65. The van der Waals surface area contributed by atoms with Crippen molar-refractivity contribution >= 4 is 32.7 Å². The number of aromatic nitrogens is 2. The fourth-order valence-corrected chi connectivity index (χ4v) is 3.91. The van der Waals surface area contributed by atoms with Crippen molar-refractivity contribution in [3.63, 3.8) is 0 Å². The lowest BCUT2D eigenvalue weighted by Crippen LogP contribution is -2.25. The quantitative estimate of drug-likeness (QED) is 0.638. The maximum Gasteiger partial charge on any atom is 0.306 e. The number of aliphatic hydroxyl groups excluding tert-OH is 1. The number of aromatic amines is 1. The summed E-state index contributed by atoms with van der Waals surface area (Å²) in [4.78, 5) is 18.4. The van der Waals surface area contributed by atoms with Gasteiger partial charge in [0.1, 0.15) is 11.9 Å². The Morgan fingerprint density at radius 2 is 2.00 bits per heavy atom. The van der Waals surface area contributed by atoms with Crippen molar-refractivity contribution in [3.8, 4) is 0 Å². The topological polar surface area (TPSA) is 132 Å². The van der Waals surface area contributed by atoms with Crippen LogP contribution in [0.3, 0.4) is 0 Å². The van der Waals surface area contributed by atoms with Crippen molar-refractivity contribution in [1.82, 2.24) is 9.97 Å². The van der Waals surface area contributed by atoms with E-state index < -0.39 is 22.1 Å². The lowest BCUT2D eigenvalue weighted by Gasteiger charge is -2.28. The first-order chi connectivity index (χ1) is 11.7. The van der Waals surface area contributed by atoms with Gasteiger partial charge in [0.15, 0.2) is 0 Å². The largest absolute Gasteiger partial charge is 0.481 e. The monoisotopic (exact) mass is 367 g/mol. The molecule has 2 aromatic rings. The predicted molar refractivity (Wildman–Crippen MR) is 92.6 cm³/mol. The van der Waals surface area contributed by atoms with E-state index in [2.05, 4.69) is 14.7 Å². The number of benzene rings is 1. The lowest BCUT2D eigenvalue weighted by molar-refractivity contribution is -0.143. The molecule has 1 atom stereocenters. The average Bonchev–Trinajstić information content (AvgIpc) is 2.96. The molecule has 1 saturated carbocycles. The number of anilines is 1. The minimum atomic E-state index is -3.37. The van der Waals surface area contributed by atoms with Crippen molar-refractivity contribution in [1.29, 1.82) is 0 Å². The van der Waals surface area contributed by atoms with Gasteiger partial charge in [-0.3, -0.25) is 9.52 Å². The number of imidazole rings is 1. The number of nitrogens with zero attached hydrogens (tertiary/aromatic N) is 1. The van der Waals surface area contributed by atoms with Crippen LogP contribution >= 0.6 is 0 Å². The van der Waals surface area contributed by atoms with Gasteiger partial charge in [-0.1, -0.05) is 0 Å². The summed E-state index contributed by atoms with van der Waals surface area (Å²) in [7, 11) is -3.37. The molecular weight excluding hydrogens is 346 g/mol. The first-order valence-electron chi connectivity index (χ1n) is 8.11. The number of carboxylic acids is 1. The highest BCUT2D eigenvalue weighted by Gasteiger charge is 2.31. The first kappa shape index (κ1) is 17.7. The molecule has 0 spiro atoms. The summed E-state index contributed by atoms with van der Waals surface area (Å²) in [6, 6.07) is 4.91. The number of carboxylic acid groups (broad SMARTS) is 1. The molecule has 1 aliphatic rings. The summed E-state index contributed by atoms with van der Waals surface area (Å²) in [6.07, 6.45) is 2.66. The fraction of sp³-hybridized carbons (Fsp3) is 0.500. The van der Waals surface area contributed by atoms with Gasteiger partial charge in [0.05, 0.1) is 28.9 Å². The molecule has 0 aliphatic heterocycles. The molecule has 1 aromatic carbocycles. The Labute approximate surface area is 145 Å². The summed E-state index contributed by atoms with van der Waals surface area (Å²) >= 11 is 0. The smallest absolute Gasteiger partial charge is 0.306 e. The Hall–Kier alpha value is -2.13. The number of hydrogen-bond donors (Lipinski definition) is 4. The number of fused-ring (bicyclic) bond motifs is 1. The zero-order valence-electron chi connectivity index (χ0n) is 13.8. The van der Waals surface area contributed by atoms with Crippen LogP contribution < -0.4 is 4.72 Å². The Bertz CT molecular complexity index is 884. The van der Waals surface area contributed by atoms with E-state index in [0.29, 0.717) is 48.2 Å². The maximum absolute atomic E-state index is 11.3. The molecular formula is C16H21N3O5S. The van der Waals surface area contributed by atoms with Crippen molar-refractivity contribution in [2.24, 2.45) is 11.8 Å². The van der Waals surface area contributed by atoms with E-state index in [9.17, 15) is 18.3 Å². The van der Waals surface area contributed by atoms with Crippen LogP contribution in [0.15, 0.2) is 18.2 Å². The lowest BCUT2D eigenvalue weighted by atomic mass is 9.79. The van der Waals surface area contributed by atoms with Crippen molar-refractivity contribution in [3.05, 3.63) is 24.0 Å². The van der Waals surface area contributed by atoms with Crippen molar-refractivity contribution in [2.45, 2.75) is 31.8 Å². The van der Waals surface area contributed by atoms with Gasteiger partial charge in [0.25, 0.3) is 0 Å². The highest BCUT2D eigenvalue weighted by Crippen LogP contribution is 2.36. The number of hydrogen-bond acceptors (Lipinski definition) is 5. The molecule has 0 bridgehead atoms. The predicted octanol–water partition coefficient (Wildman–Crippen LogP) is 1.86. The fourth-order valence-electron chi connectivity index (χ4n) is 3.35. The Kier molecular flexibility index (Phi) is 4.70. The minimum absolute atomic E-state index is 0.0372. The number of H-pyrrole nitrogens is 1. The molecule has 9 heteroatoms. The second-order valence-corrected chi connectivity index (χ2v) is 8.37. The number of sulfonamides is 1. The molecule has 8 nitrogen and oxygen atoms in total. The minimum Gasteiger partial charge on any atom is -0.481 e. The van der Waals surface area contributed by atoms with E-state index in [0.717, 1.165) is 6.26 Å². The van der Waals surface area contributed by atoms with Gasteiger partial charge in [-0.15, -0.1) is 0 Å². The molecule has 25 heavy (non-hydrogen) atoms. The Morgan fingerprint density at radius 1 is 1.32 bits per heavy atom. The van der Waals surface area contributed by atoms with E-state index in [1.54, 1.807) is 18.2 Å². The molecule has 0 radical (unpaired) electrons. The Balaban J connectivity index is 1.76. The van der Waals surface area contributed by atoms with E-state index in [1.807, 2.05) is 0 Å². The average molecular weight is 367 g/mol. The third kappa shape index (κ3) is 4.10. The van der Waals surface area contributed by atoms with Gasteiger partial charge >= 0.3 is 5.97 Å². The molecule has 1 aromatic heterocycles. The van der Waals surface area contributed by atoms with Gasteiger partial charge < -0.3 is 15.2 Å². The van der Waals surface area contributed by atoms with E-state index in [-0.39, 0.29) is 11.8 Å². The molecule has 1 unspecified atom stereocenters. The third-order valence-corrected chi connectivity index (χ3v) is 5.26. The van der Waals surface area contributed by atoms with Crippen LogP contribution in [0, 0.1) is 11.8 Å². The highest BCUT2D eigenvalue weighted by atomic mass is 32.2. The molecule has 136 valence electrons. The number of rotatable bonds is 5. The van der Waals surface area contributed by atoms with Gasteiger partial charge in [-0.05, 0) is 49.8 Å². The summed E-state index contributed by atoms with van der Waals surface area (Å²) in [5.74, 6) is -0.721.